The van der Waals surface area contributed by atoms with E-state index in [-0.39, 0.29) is 12.0 Å². The number of aryl methyl sites for hydroxylation is 1. The average molecular weight is 824 g/mol. The Morgan fingerprint density at radius 2 is 1.25 bits per heavy atom. The van der Waals surface area contributed by atoms with Crippen LogP contribution in [0, 0.1) is 0 Å². The quantitative estimate of drug-likeness (QED) is 0.173. The van der Waals surface area contributed by atoms with Crippen molar-refractivity contribution in [2.75, 3.05) is 4.90 Å². The van der Waals surface area contributed by atoms with E-state index < -0.39 is 0 Å². The van der Waals surface area contributed by atoms with Crippen LogP contribution in [0.25, 0.3) is 84.7 Å². The van der Waals surface area contributed by atoms with Gasteiger partial charge >= 0.3 is 0 Å². The molecule has 0 saturated carbocycles. The van der Waals surface area contributed by atoms with Crippen molar-refractivity contribution in [2.45, 2.75) is 37.6 Å². The topological polar surface area (TPSA) is 56.7 Å². The van der Waals surface area contributed by atoms with E-state index in [1.54, 1.807) is 0 Å². The van der Waals surface area contributed by atoms with Crippen LogP contribution in [0.3, 0.4) is 0 Å². The fourth-order valence-electron chi connectivity index (χ4n) is 11.3. The van der Waals surface area contributed by atoms with Gasteiger partial charge in [-0.1, -0.05) is 134 Å². The molecule has 5 heterocycles. The number of rotatable bonds is 5. The van der Waals surface area contributed by atoms with Crippen molar-refractivity contribution in [3.05, 3.63) is 204 Å². The lowest BCUT2D eigenvalue weighted by Crippen LogP contribution is -2.28. The highest BCUT2D eigenvalue weighted by molar-refractivity contribution is 6.14. The molecule has 0 radical (unpaired) electrons. The Balaban J connectivity index is 1.06. The number of anilines is 2. The standard InChI is InChI=1S/C57H41N7/c1-4-18-36(19-5-1)55-58-56(63-49-31-17-13-27-43(49)53-50(63)33-32-42-39-24-10-15-29-47(39)62(54(42)53)38-22-8-3-9-23-38)60-57(59-55)64-48-30-16-12-26-41(48)45-34-44-40-25-11-14-28-46(40)61(51(44)35-52(45)64)37-20-6-2-7-21-37/h1-9,11-16,18-23,25-30,32-35,40,46H,10,17,24,31H2. The second kappa shape index (κ2) is 13.7. The SMILES string of the molecule is C1=CC2c3cc4c5ccccc5n(-c5nc(-c6ccccc6)nc(-n6c7c(c8c6ccc6c9c(n(-c%10ccccc%10)c68)C=CCC9)C=CCC7)n5)c4cc3N(c3ccccc3)C2C=C1. The lowest BCUT2D eigenvalue weighted by atomic mass is 9.90. The minimum Gasteiger partial charge on any atom is -0.333 e. The number of nitrogens with zero attached hydrogens (tertiary/aromatic N) is 7. The zero-order valence-corrected chi connectivity index (χ0v) is 35.0. The minimum absolute atomic E-state index is 0.181. The largest absolute Gasteiger partial charge is 0.333 e. The summed E-state index contributed by atoms with van der Waals surface area (Å²) in [4.78, 5) is 18.9. The minimum atomic E-state index is 0.181. The van der Waals surface area contributed by atoms with Gasteiger partial charge in [0.25, 0.3) is 0 Å². The number of hydrogen-bond acceptors (Lipinski definition) is 4. The monoisotopic (exact) mass is 823 g/mol. The number of para-hydroxylation sites is 3. The first kappa shape index (κ1) is 35.6. The maximum absolute atomic E-state index is 5.60. The fraction of sp³-hybridized carbons (Fsp3) is 0.105. The van der Waals surface area contributed by atoms with Gasteiger partial charge < -0.3 is 9.47 Å². The lowest BCUT2D eigenvalue weighted by molar-refractivity contribution is 0.745. The molecule has 64 heavy (non-hydrogen) atoms. The molecule has 0 N–H and O–H groups in total. The number of aromatic nitrogens is 6. The predicted molar refractivity (Wildman–Crippen MR) is 261 cm³/mol. The summed E-state index contributed by atoms with van der Waals surface area (Å²) in [5.74, 6) is 2.08. The molecule has 4 aliphatic rings. The number of fused-ring (bicyclic) bond motifs is 13. The van der Waals surface area contributed by atoms with Crippen LogP contribution in [-0.4, -0.2) is 34.7 Å². The third-order valence-corrected chi connectivity index (χ3v) is 14.0. The normalized spacial score (nSPS) is 17.2. The van der Waals surface area contributed by atoms with Crippen LogP contribution >= 0.6 is 0 Å². The maximum Gasteiger partial charge on any atom is 0.240 e. The van der Waals surface area contributed by atoms with Gasteiger partial charge in [-0.2, -0.15) is 15.0 Å². The molecular weight excluding hydrogens is 783 g/mol. The number of hydrogen-bond donors (Lipinski definition) is 0. The van der Waals surface area contributed by atoms with Crippen LogP contribution in [0.5, 0.6) is 0 Å². The van der Waals surface area contributed by atoms with Crippen LogP contribution in [-0.2, 0) is 12.8 Å². The van der Waals surface area contributed by atoms with Crippen LogP contribution in [0.15, 0.2) is 176 Å². The molecule has 6 aromatic carbocycles. The zero-order chi connectivity index (χ0) is 41.9. The van der Waals surface area contributed by atoms with Crippen molar-refractivity contribution in [1.82, 2.24) is 28.7 Å². The van der Waals surface area contributed by atoms with E-state index in [1.165, 1.54) is 66.5 Å². The summed E-state index contributed by atoms with van der Waals surface area (Å²) in [6.07, 6.45) is 22.2. The van der Waals surface area contributed by atoms with Crippen LogP contribution in [0.1, 0.15) is 46.8 Å². The van der Waals surface area contributed by atoms with Gasteiger partial charge in [-0.25, -0.2) is 0 Å². The van der Waals surface area contributed by atoms with Gasteiger partial charge in [-0.3, -0.25) is 9.13 Å². The molecule has 2 unspecified atom stereocenters. The van der Waals surface area contributed by atoms with Crippen molar-refractivity contribution >= 4 is 67.1 Å². The molecule has 304 valence electrons. The van der Waals surface area contributed by atoms with Crippen LogP contribution in [0.4, 0.5) is 11.4 Å². The summed E-state index contributed by atoms with van der Waals surface area (Å²) in [6.45, 7) is 0. The third-order valence-electron chi connectivity index (χ3n) is 14.0. The van der Waals surface area contributed by atoms with Gasteiger partial charge in [0.15, 0.2) is 5.82 Å². The molecule has 0 saturated heterocycles. The summed E-state index contributed by atoms with van der Waals surface area (Å²) in [7, 11) is 0. The molecule has 0 amide bonds. The molecule has 7 nitrogen and oxygen atoms in total. The Hall–Kier alpha value is -8.03. The van der Waals surface area contributed by atoms with Crippen LogP contribution in [0.2, 0.25) is 0 Å². The van der Waals surface area contributed by atoms with E-state index in [1.807, 2.05) is 6.07 Å². The van der Waals surface area contributed by atoms with Crippen molar-refractivity contribution in [2.24, 2.45) is 0 Å². The van der Waals surface area contributed by atoms with E-state index in [9.17, 15) is 0 Å². The van der Waals surface area contributed by atoms with Gasteiger partial charge in [0.1, 0.15) is 0 Å². The molecule has 0 spiro atoms. The summed E-state index contributed by atoms with van der Waals surface area (Å²) < 4.78 is 7.10. The highest BCUT2D eigenvalue weighted by Gasteiger charge is 2.38. The van der Waals surface area contributed by atoms with Gasteiger partial charge in [0.05, 0.1) is 28.1 Å². The van der Waals surface area contributed by atoms with Gasteiger partial charge in [-0.15, -0.1) is 0 Å². The number of benzene rings is 6. The molecular formula is C57H41N7. The molecule has 4 aromatic heterocycles. The van der Waals surface area contributed by atoms with E-state index >= 15 is 0 Å². The van der Waals surface area contributed by atoms with Gasteiger partial charge in [-0.05, 0) is 91.4 Å². The maximum atomic E-state index is 5.60. The number of allylic oxidation sites excluding steroid dienone is 4. The van der Waals surface area contributed by atoms with E-state index in [0.29, 0.717) is 17.7 Å². The highest BCUT2D eigenvalue weighted by atomic mass is 15.3. The molecule has 10 aromatic rings. The Labute approximate surface area is 369 Å². The van der Waals surface area contributed by atoms with E-state index in [0.717, 1.165) is 53.5 Å². The second-order valence-corrected chi connectivity index (χ2v) is 17.4. The van der Waals surface area contributed by atoms with Crippen LogP contribution < -0.4 is 4.90 Å². The average Bonchev–Trinajstić information content (AvgIpc) is 4.08. The van der Waals surface area contributed by atoms with Gasteiger partial charge in [0.2, 0.25) is 11.9 Å². The fourth-order valence-corrected chi connectivity index (χ4v) is 11.3. The molecule has 0 bridgehead atoms. The van der Waals surface area contributed by atoms with E-state index in [4.69, 9.17) is 15.0 Å². The van der Waals surface area contributed by atoms with Gasteiger partial charge in [0, 0.05) is 67.0 Å². The zero-order valence-electron chi connectivity index (χ0n) is 35.0. The summed E-state index contributed by atoms with van der Waals surface area (Å²) in [5.41, 5.74) is 15.4. The van der Waals surface area contributed by atoms with Crippen molar-refractivity contribution in [3.8, 4) is 29.0 Å². The summed E-state index contributed by atoms with van der Waals surface area (Å²) >= 11 is 0. The van der Waals surface area contributed by atoms with E-state index in [2.05, 4.69) is 201 Å². The van der Waals surface area contributed by atoms with Crippen molar-refractivity contribution < 1.29 is 0 Å². The smallest absolute Gasteiger partial charge is 0.240 e. The Morgan fingerprint density at radius 3 is 2.09 bits per heavy atom. The third kappa shape index (κ3) is 5.06. The predicted octanol–water partition coefficient (Wildman–Crippen LogP) is 13.2. The summed E-state index contributed by atoms with van der Waals surface area (Å²) in [5, 5.41) is 4.90. The first-order valence-electron chi connectivity index (χ1n) is 22.5. The first-order valence-corrected chi connectivity index (χ1v) is 22.5. The molecule has 0 fully saturated rings. The van der Waals surface area contributed by atoms with Crippen molar-refractivity contribution in [1.29, 1.82) is 0 Å². The lowest BCUT2D eigenvalue weighted by Gasteiger charge is -2.28. The Kier molecular flexibility index (Phi) is 7.63. The Morgan fingerprint density at radius 1 is 0.531 bits per heavy atom. The second-order valence-electron chi connectivity index (χ2n) is 17.4. The molecule has 1 aliphatic heterocycles. The molecule has 14 rings (SSSR count). The first-order chi connectivity index (χ1) is 31.8. The summed E-state index contributed by atoms with van der Waals surface area (Å²) in [6, 6.07) is 50.3. The molecule has 2 atom stereocenters. The molecule has 7 heteroatoms. The molecule has 3 aliphatic carbocycles. The Bertz CT molecular complexity index is 3680. The highest BCUT2D eigenvalue weighted by Crippen LogP contribution is 2.50. The van der Waals surface area contributed by atoms with Crippen molar-refractivity contribution in [3.63, 3.8) is 0 Å².